The summed E-state index contributed by atoms with van der Waals surface area (Å²) < 4.78 is 0. The number of rotatable bonds is 4. The van der Waals surface area contributed by atoms with E-state index in [2.05, 4.69) is 6.07 Å². The zero-order valence-electron chi connectivity index (χ0n) is 11.9. The summed E-state index contributed by atoms with van der Waals surface area (Å²) in [4.78, 5) is 26.5. The van der Waals surface area contributed by atoms with Gasteiger partial charge in [-0.15, -0.1) is 0 Å². The molecule has 1 aromatic rings. The zero-order valence-corrected chi connectivity index (χ0v) is 11.9. The Hall–Kier alpha value is -1.88. The first-order valence-electron chi connectivity index (χ1n) is 6.76. The first-order chi connectivity index (χ1) is 9.49. The van der Waals surface area contributed by atoms with Crippen LogP contribution in [-0.2, 0) is 22.6 Å². The Bertz CT molecular complexity index is 516. The standard InChI is InChI=1S/C15H20N2O3/c1-11(15(19)20)16(2)10-14(18)17-8-7-12-5-3-4-6-13(12)9-17/h3-6,11H,7-10H2,1-2H3,(H,19,20). The molecule has 0 saturated heterocycles. The van der Waals surface area contributed by atoms with E-state index >= 15 is 0 Å². The first-order valence-corrected chi connectivity index (χ1v) is 6.76. The van der Waals surface area contributed by atoms with E-state index in [4.69, 9.17) is 5.11 Å². The Morgan fingerprint density at radius 2 is 2.00 bits per heavy atom. The van der Waals surface area contributed by atoms with Crippen molar-refractivity contribution >= 4 is 11.9 Å². The quantitative estimate of drug-likeness (QED) is 0.890. The van der Waals surface area contributed by atoms with E-state index in [9.17, 15) is 9.59 Å². The van der Waals surface area contributed by atoms with Crippen molar-refractivity contribution in [2.24, 2.45) is 0 Å². The molecule has 2 rings (SSSR count). The molecule has 1 atom stereocenters. The Morgan fingerprint density at radius 3 is 2.65 bits per heavy atom. The average Bonchev–Trinajstić information content (AvgIpc) is 2.45. The number of carbonyl (C=O) groups is 2. The van der Waals surface area contributed by atoms with Crippen molar-refractivity contribution in [2.75, 3.05) is 20.1 Å². The number of carboxylic acid groups (broad SMARTS) is 1. The maximum absolute atomic E-state index is 12.2. The molecule has 0 bridgehead atoms. The molecule has 1 heterocycles. The van der Waals surface area contributed by atoms with Crippen molar-refractivity contribution in [1.82, 2.24) is 9.80 Å². The molecule has 1 aliphatic rings. The molecule has 5 nitrogen and oxygen atoms in total. The Kier molecular flexibility index (Phi) is 4.39. The number of nitrogens with zero attached hydrogens (tertiary/aromatic N) is 2. The number of benzene rings is 1. The fourth-order valence-corrected chi connectivity index (χ4v) is 2.35. The number of aliphatic carboxylic acids is 1. The number of carboxylic acids is 1. The van der Waals surface area contributed by atoms with Gasteiger partial charge >= 0.3 is 5.97 Å². The number of amides is 1. The predicted octanol–water partition coefficient (Wildman–Crippen LogP) is 0.976. The Labute approximate surface area is 118 Å². The van der Waals surface area contributed by atoms with E-state index in [0.29, 0.717) is 13.1 Å². The summed E-state index contributed by atoms with van der Waals surface area (Å²) in [7, 11) is 1.66. The number of hydrogen-bond donors (Lipinski definition) is 1. The molecule has 1 amide bonds. The summed E-state index contributed by atoms with van der Waals surface area (Å²) in [6.45, 7) is 3.03. The van der Waals surface area contributed by atoms with E-state index in [1.807, 2.05) is 18.2 Å². The molecule has 1 aromatic carbocycles. The second-order valence-corrected chi connectivity index (χ2v) is 5.26. The number of fused-ring (bicyclic) bond motifs is 1. The van der Waals surface area contributed by atoms with Gasteiger partial charge in [-0.25, -0.2) is 0 Å². The summed E-state index contributed by atoms with van der Waals surface area (Å²) in [5, 5.41) is 8.94. The molecule has 5 heteroatoms. The van der Waals surface area contributed by atoms with Crippen molar-refractivity contribution in [3.8, 4) is 0 Å². The topological polar surface area (TPSA) is 60.9 Å². The molecular weight excluding hydrogens is 256 g/mol. The van der Waals surface area contributed by atoms with Crippen molar-refractivity contribution in [3.05, 3.63) is 35.4 Å². The lowest BCUT2D eigenvalue weighted by Gasteiger charge is -2.31. The number of carbonyl (C=O) groups excluding carboxylic acids is 1. The SMILES string of the molecule is CC(C(=O)O)N(C)CC(=O)N1CCc2ccccc2C1. The summed E-state index contributed by atoms with van der Waals surface area (Å²) in [6, 6.07) is 7.47. The third-order valence-electron chi connectivity index (χ3n) is 3.89. The average molecular weight is 276 g/mol. The number of hydrogen-bond acceptors (Lipinski definition) is 3. The highest BCUT2D eigenvalue weighted by Crippen LogP contribution is 2.18. The van der Waals surface area contributed by atoms with Crippen molar-refractivity contribution in [1.29, 1.82) is 0 Å². The van der Waals surface area contributed by atoms with Gasteiger partial charge in [-0.2, -0.15) is 0 Å². The lowest BCUT2D eigenvalue weighted by molar-refractivity contribution is -0.143. The van der Waals surface area contributed by atoms with Crippen LogP contribution in [0.1, 0.15) is 18.1 Å². The summed E-state index contributed by atoms with van der Waals surface area (Å²) in [5.74, 6) is -0.931. The molecule has 1 aliphatic heterocycles. The molecule has 1 unspecified atom stereocenters. The third-order valence-corrected chi connectivity index (χ3v) is 3.89. The molecule has 0 saturated carbocycles. The monoisotopic (exact) mass is 276 g/mol. The summed E-state index contributed by atoms with van der Waals surface area (Å²) in [6.07, 6.45) is 0.861. The number of likely N-dealkylation sites (N-methyl/N-ethyl adjacent to an activating group) is 1. The second kappa shape index (κ2) is 6.05. The van der Waals surface area contributed by atoms with Crippen LogP contribution in [0, 0.1) is 0 Å². The molecule has 0 aliphatic carbocycles. The molecule has 0 spiro atoms. The van der Waals surface area contributed by atoms with Gasteiger partial charge in [-0.05, 0) is 31.5 Å². The minimum Gasteiger partial charge on any atom is -0.480 e. The van der Waals surface area contributed by atoms with Crippen molar-refractivity contribution in [3.63, 3.8) is 0 Å². The van der Waals surface area contributed by atoms with Crippen LogP contribution in [0.3, 0.4) is 0 Å². The van der Waals surface area contributed by atoms with Gasteiger partial charge in [-0.3, -0.25) is 14.5 Å². The van der Waals surface area contributed by atoms with Crippen LogP contribution >= 0.6 is 0 Å². The van der Waals surface area contributed by atoms with Crippen LogP contribution in [0.5, 0.6) is 0 Å². The molecule has 0 aromatic heterocycles. The fourth-order valence-electron chi connectivity index (χ4n) is 2.35. The van der Waals surface area contributed by atoms with Crippen LogP contribution in [0.25, 0.3) is 0 Å². The molecular formula is C15H20N2O3. The van der Waals surface area contributed by atoms with E-state index in [-0.39, 0.29) is 12.5 Å². The second-order valence-electron chi connectivity index (χ2n) is 5.26. The van der Waals surface area contributed by atoms with Gasteiger partial charge in [-0.1, -0.05) is 24.3 Å². The Morgan fingerprint density at radius 1 is 1.35 bits per heavy atom. The highest BCUT2D eigenvalue weighted by molar-refractivity contribution is 5.80. The maximum atomic E-state index is 12.2. The molecule has 108 valence electrons. The van der Waals surface area contributed by atoms with E-state index < -0.39 is 12.0 Å². The van der Waals surface area contributed by atoms with E-state index in [0.717, 1.165) is 6.42 Å². The molecule has 0 radical (unpaired) electrons. The van der Waals surface area contributed by atoms with Crippen LogP contribution in [0.15, 0.2) is 24.3 Å². The van der Waals surface area contributed by atoms with Crippen molar-refractivity contribution < 1.29 is 14.7 Å². The fraction of sp³-hybridized carbons (Fsp3) is 0.467. The van der Waals surface area contributed by atoms with Gasteiger partial charge < -0.3 is 10.0 Å². The van der Waals surface area contributed by atoms with Gasteiger partial charge in [0.2, 0.25) is 5.91 Å². The lowest BCUT2D eigenvalue weighted by Crippen LogP contribution is -2.45. The smallest absolute Gasteiger partial charge is 0.320 e. The van der Waals surface area contributed by atoms with Crippen LogP contribution in [0.2, 0.25) is 0 Å². The van der Waals surface area contributed by atoms with Gasteiger partial charge in [0.05, 0.1) is 6.54 Å². The minimum absolute atomic E-state index is 0.0184. The van der Waals surface area contributed by atoms with E-state index in [1.54, 1.807) is 23.8 Å². The highest BCUT2D eigenvalue weighted by Gasteiger charge is 2.24. The van der Waals surface area contributed by atoms with Crippen molar-refractivity contribution in [2.45, 2.75) is 25.9 Å². The summed E-state index contributed by atoms with van der Waals surface area (Å²) >= 11 is 0. The van der Waals surface area contributed by atoms with Gasteiger partial charge in [0.1, 0.15) is 6.04 Å². The third kappa shape index (κ3) is 3.17. The summed E-state index contributed by atoms with van der Waals surface area (Å²) in [5.41, 5.74) is 2.48. The zero-order chi connectivity index (χ0) is 14.7. The maximum Gasteiger partial charge on any atom is 0.320 e. The Balaban J connectivity index is 1.96. The van der Waals surface area contributed by atoms with Gasteiger partial charge in [0, 0.05) is 13.1 Å². The molecule has 20 heavy (non-hydrogen) atoms. The van der Waals surface area contributed by atoms with E-state index in [1.165, 1.54) is 11.1 Å². The first kappa shape index (κ1) is 14.5. The lowest BCUT2D eigenvalue weighted by atomic mass is 10.00. The van der Waals surface area contributed by atoms with Gasteiger partial charge in [0.15, 0.2) is 0 Å². The van der Waals surface area contributed by atoms with Crippen LogP contribution in [0.4, 0.5) is 0 Å². The predicted molar refractivity (Wildman–Crippen MR) is 75.3 cm³/mol. The minimum atomic E-state index is -0.913. The molecule has 0 fully saturated rings. The van der Waals surface area contributed by atoms with Crippen LogP contribution < -0.4 is 0 Å². The van der Waals surface area contributed by atoms with Gasteiger partial charge in [0.25, 0.3) is 0 Å². The normalized spacial score (nSPS) is 15.8. The molecule has 1 N–H and O–H groups in total. The van der Waals surface area contributed by atoms with Crippen LogP contribution in [-0.4, -0.2) is 53.0 Å². The largest absolute Gasteiger partial charge is 0.480 e. The highest BCUT2D eigenvalue weighted by atomic mass is 16.4.